The van der Waals surface area contributed by atoms with E-state index < -0.39 is 9.84 Å². The van der Waals surface area contributed by atoms with Gasteiger partial charge in [-0.05, 0) is 44.4 Å². The predicted molar refractivity (Wildman–Crippen MR) is 74.2 cm³/mol. The van der Waals surface area contributed by atoms with Gasteiger partial charge in [0, 0.05) is 17.5 Å². The van der Waals surface area contributed by atoms with E-state index >= 15 is 0 Å². The van der Waals surface area contributed by atoms with E-state index in [1.54, 1.807) is 6.92 Å². The molecule has 0 aliphatic carbocycles. The maximum absolute atomic E-state index is 11.4. The van der Waals surface area contributed by atoms with Crippen LogP contribution in [0.1, 0.15) is 42.8 Å². The summed E-state index contributed by atoms with van der Waals surface area (Å²) in [6.07, 6.45) is 1.24. The first kappa shape index (κ1) is 15.1. The molecular formula is C13H22N2O2S. The second kappa shape index (κ2) is 6.29. The molecule has 102 valence electrons. The number of aromatic nitrogens is 1. The highest BCUT2D eigenvalue weighted by atomic mass is 32.2. The summed E-state index contributed by atoms with van der Waals surface area (Å²) >= 11 is 0. The fourth-order valence-electron chi connectivity index (χ4n) is 1.88. The Hall–Kier alpha value is -0.940. The molecule has 1 unspecified atom stereocenters. The van der Waals surface area contributed by atoms with Crippen molar-refractivity contribution in [1.82, 2.24) is 4.98 Å². The van der Waals surface area contributed by atoms with Crippen LogP contribution in [0.4, 0.5) is 0 Å². The molecule has 1 heterocycles. The van der Waals surface area contributed by atoms with Crippen LogP contribution in [0.15, 0.2) is 12.1 Å². The first-order valence-electron chi connectivity index (χ1n) is 6.25. The Morgan fingerprint density at radius 1 is 1.33 bits per heavy atom. The maximum atomic E-state index is 11.4. The van der Waals surface area contributed by atoms with Crippen LogP contribution in [0.3, 0.4) is 0 Å². The number of nitrogens with two attached hydrogens (primary N) is 1. The monoisotopic (exact) mass is 270 g/mol. The highest BCUT2D eigenvalue weighted by molar-refractivity contribution is 7.91. The molecule has 4 nitrogen and oxygen atoms in total. The lowest BCUT2D eigenvalue weighted by molar-refractivity contribution is 0.580. The molecule has 0 saturated carbocycles. The van der Waals surface area contributed by atoms with E-state index in [0.717, 1.165) is 17.0 Å². The van der Waals surface area contributed by atoms with Crippen molar-refractivity contribution in [2.45, 2.75) is 39.7 Å². The normalized spacial score (nSPS) is 13.6. The molecule has 0 amide bonds. The Labute approximate surface area is 110 Å². The molecule has 0 aliphatic rings. The average molecular weight is 270 g/mol. The lowest BCUT2D eigenvalue weighted by Gasteiger charge is -2.12. The van der Waals surface area contributed by atoms with Gasteiger partial charge in [-0.25, -0.2) is 8.42 Å². The molecule has 0 bridgehead atoms. The molecule has 0 saturated heterocycles. The molecule has 18 heavy (non-hydrogen) atoms. The SMILES string of the molecule is CCS(=O)(=O)CCCC(N)c1cc(C)cc(C)n1. The van der Waals surface area contributed by atoms with Crippen LogP contribution in [-0.4, -0.2) is 24.9 Å². The van der Waals surface area contributed by atoms with Crippen LogP contribution < -0.4 is 5.73 Å². The van der Waals surface area contributed by atoms with Gasteiger partial charge in [-0.1, -0.05) is 6.92 Å². The number of aryl methyl sites for hydroxylation is 2. The van der Waals surface area contributed by atoms with Gasteiger partial charge < -0.3 is 5.73 Å². The summed E-state index contributed by atoms with van der Waals surface area (Å²) in [5, 5.41) is 0. The van der Waals surface area contributed by atoms with Gasteiger partial charge in [0.25, 0.3) is 0 Å². The highest BCUT2D eigenvalue weighted by Crippen LogP contribution is 2.16. The lowest BCUT2D eigenvalue weighted by atomic mass is 10.1. The van der Waals surface area contributed by atoms with Crippen molar-refractivity contribution in [2.75, 3.05) is 11.5 Å². The van der Waals surface area contributed by atoms with Gasteiger partial charge >= 0.3 is 0 Å². The molecule has 2 N–H and O–H groups in total. The van der Waals surface area contributed by atoms with Crippen LogP contribution in [0, 0.1) is 13.8 Å². The molecule has 0 aliphatic heterocycles. The minimum absolute atomic E-state index is 0.185. The molecule has 1 rings (SSSR count). The molecule has 1 aromatic heterocycles. The third-order valence-corrected chi connectivity index (χ3v) is 4.70. The van der Waals surface area contributed by atoms with Gasteiger partial charge in [-0.3, -0.25) is 4.98 Å². The quantitative estimate of drug-likeness (QED) is 0.857. The van der Waals surface area contributed by atoms with Crippen LogP contribution in [-0.2, 0) is 9.84 Å². The smallest absolute Gasteiger partial charge is 0.150 e. The molecule has 0 fully saturated rings. The van der Waals surface area contributed by atoms with Gasteiger partial charge in [0.1, 0.15) is 9.84 Å². The summed E-state index contributed by atoms with van der Waals surface area (Å²) in [7, 11) is -2.89. The molecule has 1 aromatic rings. The Bertz CT molecular complexity index is 477. The molecule has 0 aromatic carbocycles. The van der Waals surface area contributed by atoms with E-state index in [1.807, 2.05) is 26.0 Å². The minimum atomic E-state index is -2.89. The first-order valence-corrected chi connectivity index (χ1v) is 8.07. The second-order valence-corrected chi connectivity index (χ2v) is 7.17. The standard InChI is InChI=1S/C13H22N2O2S/c1-4-18(16,17)7-5-6-12(14)13-9-10(2)8-11(3)15-13/h8-9,12H,4-7,14H2,1-3H3. The zero-order chi connectivity index (χ0) is 13.8. The Morgan fingerprint density at radius 3 is 2.56 bits per heavy atom. The molecule has 1 atom stereocenters. The number of nitrogens with zero attached hydrogens (tertiary/aromatic N) is 1. The van der Waals surface area contributed by atoms with E-state index in [4.69, 9.17) is 5.73 Å². The zero-order valence-electron chi connectivity index (χ0n) is 11.3. The van der Waals surface area contributed by atoms with Gasteiger partial charge in [-0.2, -0.15) is 0 Å². The molecule has 5 heteroatoms. The van der Waals surface area contributed by atoms with E-state index in [1.165, 1.54) is 0 Å². The van der Waals surface area contributed by atoms with E-state index in [2.05, 4.69) is 4.98 Å². The van der Waals surface area contributed by atoms with Crippen molar-refractivity contribution in [3.63, 3.8) is 0 Å². The Morgan fingerprint density at radius 2 is 2.00 bits per heavy atom. The fraction of sp³-hybridized carbons (Fsp3) is 0.615. The minimum Gasteiger partial charge on any atom is -0.323 e. The average Bonchev–Trinajstić information content (AvgIpc) is 2.27. The van der Waals surface area contributed by atoms with E-state index in [0.29, 0.717) is 12.8 Å². The van der Waals surface area contributed by atoms with Crippen molar-refractivity contribution < 1.29 is 8.42 Å². The number of rotatable bonds is 6. The first-order chi connectivity index (χ1) is 8.34. The Balaban J connectivity index is 2.58. The van der Waals surface area contributed by atoms with Gasteiger partial charge in [-0.15, -0.1) is 0 Å². The highest BCUT2D eigenvalue weighted by Gasteiger charge is 2.12. The summed E-state index contributed by atoms with van der Waals surface area (Å²) in [5.74, 6) is 0.409. The van der Waals surface area contributed by atoms with Crippen molar-refractivity contribution in [1.29, 1.82) is 0 Å². The van der Waals surface area contributed by atoms with Crippen LogP contribution in [0.5, 0.6) is 0 Å². The number of hydrogen-bond donors (Lipinski definition) is 1. The van der Waals surface area contributed by atoms with E-state index in [-0.39, 0.29) is 17.5 Å². The topological polar surface area (TPSA) is 73.0 Å². The summed E-state index contributed by atoms with van der Waals surface area (Å²) in [4.78, 5) is 4.39. The van der Waals surface area contributed by atoms with Crippen molar-refractivity contribution in [3.8, 4) is 0 Å². The van der Waals surface area contributed by atoms with Gasteiger partial charge in [0.15, 0.2) is 0 Å². The third kappa shape index (κ3) is 4.74. The third-order valence-electron chi connectivity index (χ3n) is 2.91. The second-order valence-electron chi connectivity index (χ2n) is 4.70. The van der Waals surface area contributed by atoms with E-state index in [9.17, 15) is 8.42 Å². The number of sulfone groups is 1. The molecular weight excluding hydrogens is 248 g/mol. The van der Waals surface area contributed by atoms with Crippen molar-refractivity contribution in [2.24, 2.45) is 5.73 Å². The molecule has 0 spiro atoms. The van der Waals surface area contributed by atoms with Crippen LogP contribution in [0.25, 0.3) is 0 Å². The fourth-order valence-corrected chi connectivity index (χ4v) is 2.77. The predicted octanol–water partition coefficient (Wildman–Crippen LogP) is 1.91. The van der Waals surface area contributed by atoms with Gasteiger partial charge in [0.2, 0.25) is 0 Å². The van der Waals surface area contributed by atoms with Gasteiger partial charge in [0.05, 0.1) is 11.4 Å². The summed E-state index contributed by atoms with van der Waals surface area (Å²) in [6.45, 7) is 5.61. The maximum Gasteiger partial charge on any atom is 0.150 e. The molecule has 0 radical (unpaired) electrons. The van der Waals surface area contributed by atoms with Crippen LogP contribution in [0.2, 0.25) is 0 Å². The van der Waals surface area contributed by atoms with Crippen LogP contribution >= 0.6 is 0 Å². The summed E-state index contributed by atoms with van der Waals surface area (Å²) in [5.41, 5.74) is 8.97. The lowest BCUT2D eigenvalue weighted by Crippen LogP contribution is -2.15. The Kier molecular flexibility index (Phi) is 5.28. The zero-order valence-corrected chi connectivity index (χ0v) is 12.1. The summed E-state index contributed by atoms with van der Waals surface area (Å²) in [6, 6.07) is 3.78. The number of pyridine rings is 1. The largest absolute Gasteiger partial charge is 0.323 e. The van der Waals surface area contributed by atoms with Crippen molar-refractivity contribution in [3.05, 3.63) is 29.1 Å². The number of hydrogen-bond acceptors (Lipinski definition) is 4. The van der Waals surface area contributed by atoms with Crippen molar-refractivity contribution >= 4 is 9.84 Å². The summed E-state index contributed by atoms with van der Waals surface area (Å²) < 4.78 is 22.7.